The number of halogens is 1. The molecule has 4 nitrogen and oxygen atoms in total. The first-order valence-electron chi connectivity index (χ1n) is 5.32. The quantitative estimate of drug-likeness (QED) is 0.787. The first kappa shape index (κ1) is 11.9. The zero-order chi connectivity index (χ0) is 12.4. The van der Waals surface area contributed by atoms with E-state index in [9.17, 15) is 0 Å². The highest BCUT2D eigenvalue weighted by molar-refractivity contribution is 6.28. The van der Waals surface area contributed by atoms with Crippen molar-refractivity contribution in [1.82, 2.24) is 9.97 Å². The van der Waals surface area contributed by atoms with E-state index < -0.39 is 0 Å². The lowest BCUT2D eigenvalue weighted by Gasteiger charge is -2.16. The fourth-order valence-corrected chi connectivity index (χ4v) is 1.82. The molecule has 5 heteroatoms. The molecule has 0 aliphatic carbocycles. The van der Waals surface area contributed by atoms with Crippen LogP contribution in [-0.4, -0.2) is 17.0 Å². The molecule has 90 valence electrons. The van der Waals surface area contributed by atoms with Crippen molar-refractivity contribution in [3.63, 3.8) is 0 Å². The summed E-state index contributed by atoms with van der Waals surface area (Å²) in [5, 5.41) is 0.266. The number of hydrogen-bond donors (Lipinski definition) is 0. The third kappa shape index (κ3) is 2.97. The molecule has 0 unspecified atom stereocenters. The molecule has 0 saturated heterocycles. The molecule has 0 bridgehead atoms. The second-order valence-corrected chi connectivity index (χ2v) is 4.34. The summed E-state index contributed by atoms with van der Waals surface area (Å²) in [6.45, 7) is 4.47. The molecular formula is C12H14ClN3O. The van der Waals surface area contributed by atoms with Crippen molar-refractivity contribution < 1.29 is 4.42 Å². The van der Waals surface area contributed by atoms with Crippen LogP contribution in [0.2, 0.25) is 5.28 Å². The molecule has 0 spiro atoms. The standard InChI is InChI=1S/C12H14ClN3O/c1-8-6-11(15-12(13)14-8)16(3)7-10-5-4-9(2)17-10/h4-6H,7H2,1-3H3. The van der Waals surface area contributed by atoms with Gasteiger partial charge in [-0.05, 0) is 37.6 Å². The Bertz CT molecular complexity index is 504. The van der Waals surface area contributed by atoms with Crippen LogP contribution in [0, 0.1) is 13.8 Å². The van der Waals surface area contributed by atoms with Crippen LogP contribution in [0.15, 0.2) is 22.6 Å². The Kier molecular flexibility index (Phi) is 3.33. The Morgan fingerprint density at radius 2 is 2.06 bits per heavy atom. The van der Waals surface area contributed by atoms with Crippen LogP contribution in [0.25, 0.3) is 0 Å². The van der Waals surface area contributed by atoms with Gasteiger partial charge < -0.3 is 9.32 Å². The van der Waals surface area contributed by atoms with Gasteiger partial charge in [0, 0.05) is 18.8 Å². The van der Waals surface area contributed by atoms with Crippen LogP contribution < -0.4 is 4.90 Å². The van der Waals surface area contributed by atoms with E-state index in [-0.39, 0.29) is 5.28 Å². The third-order valence-electron chi connectivity index (χ3n) is 2.39. The van der Waals surface area contributed by atoms with Gasteiger partial charge in [-0.2, -0.15) is 0 Å². The molecule has 0 aliphatic heterocycles. The van der Waals surface area contributed by atoms with Crippen molar-refractivity contribution in [2.75, 3.05) is 11.9 Å². The maximum Gasteiger partial charge on any atom is 0.224 e. The number of aryl methyl sites for hydroxylation is 2. The van der Waals surface area contributed by atoms with E-state index in [2.05, 4.69) is 9.97 Å². The Morgan fingerprint density at radius 1 is 1.29 bits per heavy atom. The van der Waals surface area contributed by atoms with Gasteiger partial charge in [0.2, 0.25) is 5.28 Å². The Hall–Kier alpha value is -1.55. The van der Waals surface area contributed by atoms with Crippen molar-refractivity contribution in [3.05, 3.63) is 40.7 Å². The smallest absolute Gasteiger partial charge is 0.224 e. The van der Waals surface area contributed by atoms with E-state index in [0.29, 0.717) is 6.54 Å². The lowest BCUT2D eigenvalue weighted by Crippen LogP contribution is -2.17. The average molecular weight is 252 g/mol. The molecule has 2 heterocycles. The first-order chi connectivity index (χ1) is 8.04. The summed E-state index contributed by atoms with van der Waals surface area (Å²) in [6, 6.07) is 5.80. The molecule has 17 heavy (non-hydrogen) atoms. The van der Waals surface area contributed by atoms with Gasteiger partial charge >= 0.3 is 0 Å². The van der Waals surface area contributed by atoms with Gasteiger partial charge in [0.15, 0.2) is 0 Å². The third-order valence-corrected chi connectivity index (χ3v) is 2.56. The lowest BCUT2D eigenvalue weighted by atomic mass is 10.3. The summed E-state index contributed by atoms with van der Waals surface area (Å²) < 4.78 is 5.52. The van der Waals surface area contributed by atoms with Crippen LogP contribution in [0.4, 0.5) is 5.82 Å². The fraction of sp³-hybridized carbons (Fsp3) is 0.333. The molecule has 0 saturated carbocycles. The van der Waals surface area contributed by atoms with Gasteiger partial charge in [-0.25, -0.2) is 9.97 Å². The number of nitrogens with zero attached hydrogens (tertiary/aromatic N) is 3. The highest BCUT2D eigenvalue weighted by atomic mass is 35.5. The second kappa shape index (κ2) is 4.75. The molecule has 0 aliphatic rings. The zero-order valence-electron chi connectivity index (χ0n) is 10.1. The van der Waals surface area contributed by atoms with Crippen molar-refractivity contribution in [2.24, 2.45) is 0 Å². The highest BCUT2D eigenvalue weighted by Gasteiger charge is 2.08. The van der Waals surface area contributed by atoms with Crippen molar-refractivity contribution in [3.8, 4) is 0 Å². The van der Waals surface area contributed by atoms with Crippen LogP contribution in [0.5, 0.6) is 0 Å². The van der Waals surface area contributed by atoms with E-state index in [1.165, 1.54) is 0 Å². The van der Waals surface area contributed by atoms with Gasteiger partial charge in [0.1, 0.15) is 17.3 Å². The molecular weight excluding hydrogens is 238 g/mol. The number of aromatic nitrogens is 2. The van der Waals surface area contributed by atoms with Crippen LogP contribution in [0.1, 0.15) is 17.2 Å². The second-order valence-electron chi connectivity index (χ2n) is 4.00. The number of rotatable bonds is 3. The van der Waals surface area contributed by atoms with Crippen LogP contribution in [0.3, 0.4) is 0 Å². The molecule has 0 atom stereocenters. The molecule has 0 aromatic carbocycles. The van der Waals surface area contributed by atoms with Gasteiger partial charge in [0.25, 0.3) is 0 Å². The van der Waals surface area contributed by atoms with E-state index in [1.54, 1.807) is 0 Å². The molecule has 0 radical (unpaired) electrons. The molecule has 2 aromatic heterocycles. The fourth-order valence-electron chi connectivity index (χ4n) is 1.60. The largest absolute Gasteiger partial charge is 0.464 e. The SMILES string of the molecule is Cc1cc(N(C)Cc2ccc(C)o2)nc(Cl)n1. The Balaban J connectivity index is 2.16. The molecule has 2 aromatic rings. The van der Waals surface area contributed by atoms with Gasteiger partial charge in [0.05, 0.1) is 6.54 Å². The summed E-state index contributed by atoms with van der Waals surface area (Å²) in [6.07, 6.45) is 0. The average Bonchev–Trinajstić information content (AvgIpc) is 2.62. The van der Waals surface area contributed by atoms with Gasteiger partial charge in [-0.1, -0.05) is 0 Å². The molecule has 0 amide bonds. The number of hydrogen-bond acceptors (Lipinski definition) is 4. The summed E-state index contributed by atoms with van der Waals surface area (Å²) in [7, 11) is 1.94. The number of anilines is 1. The molecule has 0 fully saturated rings. The monoisotopic (exact) mass is 251 g/mol. The predicted octanol–water partition coefficient (Wildman–Crippen LogP) is 2.98. The first-order valence-corrected chi connectivity index (χ1v) is 5.70. The lowest BCUT2D eigenvalue weighted by molar-refractivity contribution is 0.481. The summed E-state index contributed by atoms with van der Waals surface area (Å²) in [4.78, 5) is 10.2. The van der Waals surface area contributed by atoms with Gasteiger partial charge in [-0.3, -0.25) is 0 Å². The van der Waals surface area contributed by atoms with Crippen LogP contribution >= 0.6 is 11.6 Å². The van der Waals surface area contributed by atoms with E-state index in [1.807, 2.05) is 44.0 Å². The van der Waals surface area contributed by atoms with Crippen molar-refractivity contribution in [1.29, 1.82) is 0 Å². The molecule has 2 rings (SSSR count). The zero-order valence-corrected chi connectivity index (χ0v) is 10.8. The normalized spacial score (nSPS) is 10.6. The molecule has 0 N–H and O–H groups in total. The summed E-state index contributed by atoms with van der Waals surface area (Å²) >= 11 is 5.83. The summed E-state index contributed by atoms with van der Waals surface area (Å²) in [5.41, 5.74) is 0.850. The maximum atomic E-state index is 5.83. The maximum absolute atomic E-state index is 5.83. The number of furan rings is 1. The minimum absolute atomic E-state index is 0.266. The topological polar surface area (TPSA) is 42.2 Å². The Morgan fingerprint density at radius 3 is 2.65 bits per heavy atom. The minimum atomic E-state index is 0.266. The van der Waals surface area contributed by atoms with Crippen molar-refractivity contribution >= 4 is 17.4 Å². The predicted molar refractivity (Wildman–Crippen MR) is 67.3 cm³/mol. The highest BCUT2D eigenvalue weighted by Crippen LogP contribution is 2.17. The van der Waals surface area contributed by atoms with Crippen LogP contribution in [-0.2, 0) is 6.54 Å². The Labute approximate surface area is 105 Å². The van der Waals surface area contributed by atoms with E-state index in [4.69, 9.17) is 16.0 Å². The van der Waals surface area contributed by atoms with Gasteiger partial charge in [-0.15, -0.1) is 0 Å². The van der Waals surface area contributed by atoms with Crippen molar-refractivity contribution in [2.45, 2.75) is 20.4 Å². The minimum Gasteiger partial charge on any atom is -0.464 e. The van der Waals surface area contributed by atoms with E-state index >= 15 is 0 Å². The summed E-state index contributed by atoms with van der Waals surface area (Å²) in [5.74, 6) is 2.60. The van der Waals surface area contributed by atoms with E-state index in [0.717, 1.165) is 23.0 Å².